The van der Waals surface area contributed by atoms with Crippen LogP contribution in [0.15, 0.2) is 52.1 Å². The fraction of sp³-hybridized carbons (Fsp3) is 0.0714. The van der Waals surface area contributed by atoms with Gasteiger partial charge in [-0.25, -0.2) is 4.39 Å². The van der Waals surface area contributed by atoms with Crippen LogP contribution in [0.5, 0.6) is 5.75 Å². The van der Waals surface area contributed by atoms with Crippen molar-refractivity contribution < 1.29 is 14.3 Å². The highest BCUT2D eigenvalue weighted by Gasteiger charge is 2.04. The van der Waals surface area contributed by atoms with Crippen LogP contribution in [0.3, 0.4) is 0 Å². The molecule has 2 aromatic carbocycles. The molecule has 0 aliphatic rings. The minimum atomic E-state index is -0.327. The van der Waals surface area contributed by atoms with Gasteiger partial charge < -0.3 is 15.7 Å². The Labute approximate surface area is 123 Å². The summed E-state index contributed by atoms with van der Waals surface area (Å²) < 4.78 is 19.1. The van der Waals surface area contributed by atoms with Crippen LogP contribution in [0.2, 0.25) is 0 Å². The summed E-state index contributed by atoms with van der Waals surface area (Å²) in [4.78, 5) is 0. The summed E-state index contributed by atoms with van der Waals surface area (Å²) in [5.74, 6) is 0.290. The molecule has 104 valence electrons. The zero-order valence-corrected chi connectivity index (χ0v) is 12.0. The van der Waals surface area contributed by atoms with Gasteiger partial charge >= 0.3 is 0 Å². The molecule has 0 radical (unpaired) electrons. The SMILES string of the molecule is N/C(=N\O)c1ccc(COc2ccc(F)cc2Br)cc1. The van der Waals surface area contributed by atoms with Crippen LogP contribution in [0.1, 0.15) is 11.1 Å². The molecule has 0 saturated carbocycles. The molecule has 0 aromatic heterocycles. The van der Waals surface area contributed by atoms with Gasteiger partial charge in [-0.1, -0.05) is 29.4 Å². The maximum Gasteiger partial charge on any atom is 0.170 e. The molecule has 0 fully saturated rings. The van der Waals surface area contributed by atoms with Gasteiger partial charge in [-0.3, -0.25) is 0 Å². The molecular weight excluding hydrogens is 327 g/mol. The average Bonchev–Trinajstić information content (AvgIpc) is 2.46. The summed E-state index contributed by atoms with van der Waals surface area (Å²) in [5.41, 5.74) is 7.01. The van der Waals surface area contributed by atoms with Crippen molar-refractivity contribution in [3.8, 4) is 5.75 Å². The number of oxime groups is 1. The largest absolute Gasteiger partial charge is 0.488 e. The van der Waals surface area contributed by atoms with Crippen molar-refractivity contribution in [2.24, 2.45) is 10.9 Å². The smallest absolute Gasteiger partial charge is 0.170 e. The second kappa shape index (κ2) is 6.38. The fourth-order valence-electron chi connectivity index (χ4n) is 1.58. The molecule has 0 bridgehead atoms. The maximum atomic E-state index is 12.9. The number of nitrogens with two attached hydrogens (primary N) is 1. The third-order valence-corrected chi connectivity index (χ3v) is 3.27. The lowest BCUT2D eigenvalue weighted by molar-refractivity contribution is 0.303. The molecule has 3 N–H and O–H groups in total. The van der Waals surface area contributed by atoms with Crippen molar-refractivity contribution in [3.63, 3.8) is 0 Å². The molecule has 0 heterocycles. The average molecular weight is 339 g/mol. The van der Waals surface area contributed by atoms with E-state index in [9.17, 15) is 4.39 Å². The summed E-state index contributed by atoms with van der Waals surface area (Å²) in [6.45, 7) is 0.334. The highest BCUT2D eigenvalue weighted by Crippen LogP contribution is 2.26. The number of benzene rings is 2. The second-order valence-electron chi connectivity index (χ2n) is 4.05. The summed E-state index contributed by atoms with van der Waals surface area (Å²) >= 11 is 3.24. The van der Waals surface area contributed by atoms with Crippen molar-refractivity contribution in [2.75, 3.05) is 0 Å². The lowest BCUT2D eigenvalue weighted by atomic mass is 10.1. The van der Waals surface area contributed by atoms with E-state index in [0.29, 0.717) is 22.4 Å². The van der Waals surface area contributed by atoms with Crippen LogP contribution in [0.25, 0.3) is 0 Å². The summed E-state index contributed by atoms with van der Waals surface area (Å²) in [5, 5.41) is 11.5. The van der Waals surface area contributed by atoms with Gasteiger partial charge in [0.05, 0.1) is 4.47 Å². The molecule has 2 rings (SSSR count). The first-order valence-electron chi connectivity index (χ1n) is 5.75. The molecule has 0 atom stereocenters. The monoisotopic (exact) mass is 338 g/mol. The van der Waals surface area contributed by atoms with E-state index in [4.69, 9.17) is 15.7 Å². The molecule has 0 unspecified atom stereocenters. The van der Waals surface area contributed by atoms with E-state index in [1.54, 1.807) is 18.2 Å². The van der Waals surface area contributed by atoms with Gasteiger partial charge in [-0.05, 0) is 39.7 Å². The lowest BCUT2D eigenvalue weighted by Crippen LogP contribution is -2.12. The number of nitrogens with zero attached hydrogens (tertiary/aromatic N) is 1. The minimum absolute atomic E-state index is 0.0544. The van der Waals surface area contributed by atoms with Gasteiger partial charge in [0.1, 0.15) is 18.2 Å². The Hall–Kier alpha value is -2.08. The number of amidine groups is 1. The standard InChI is InChI=1S/C14H12BrFN2O2/c15-12-7-11(16)5-6-13(12)20-8-9-1-3-10(4-2-9)14(17)18-19/h1-7,19H,8H2,(H2,17,18). The highest BCUT2D eigenvalue weighted by molar-refractivity contribution is 9.10. The van der Waals surface area contributed by atoms with Crippen LogP contribution in [-0.2, 0) is 6.61 Å². The number of hydrogen-bond acceptors (Lipinski definition) is 3. The van der Waals surface area contributed by atoms with Crippen LogP contribution >= 0.6 is 15.9 Å². The van der Waals surface area contributed by atoms with Gasteiger partial charge in [0.2, 0.25) is 0 Å². The van der Waals surface area contributed by atoms with Crippen LogP contribution in [0, 0.1) is 5.82 Å². The van der Waals surface area contributed by atoms with Crippen LogP contribution in [0.4, 0.5) is 4.39 Å². The Morgan fingerprint density at radius 1 is 1.25 bits per heavy atom. The topological polar surface area (TPSA) is 67.8 Å². The normalized spacial score (nSPS) is 11.4. The third-order valence-electron chi connectivity index (χ3n) is 2.65. The van der Waals surface area contributed by atoms with E-state index in [1.165, 1.54) is 12.1 Å². The van der Waals surface area contributed by atoms with E-state index in [2.05, 4.69) is 21.1 Å². The maximum absolute atomic E-state index is 12.9. The predicted molar refractivity (Wildman–Crippen MR) is 77.4 cm³/mol. The van der Waals surface area contributed by atoms with Crippen molar-refractivity contribution in [1.82, 2.24) is 0 Å². The van der Waals surface area contributed by atoms with Crippen molar-refractivity contribution in [3.05, 3.63) is 63.9 Å². The Morgan fingerprint density at radius 3 is 2.55 bits per heavy atom. The Morgan fingerprint density at radius 2 is 1.95 bits per heavy atom. The second-order valence-corrected chi connectivity index (χ2v) is 4.90. The van der Waals surface area contributed by atoms with E-state index >= 15 is 0 Å². The van der Waals surface area contributed by atoms with Gasteiger partial charge in [-0.15, -0.1) is 0 Å². The third kappa shape index (κ3) is 3.48. The van der Waals surface area contributed by atoms with Crippen molar-refractivity contribution in [1.29, 1.82) is 0 Å². The van der Waals surface area contributed by atoms with Crippen molar-refractivity contribution >= 4 is 21.8 Å². The van der Waals surface area contributed by atoms with Gasteiger partial charge in [-0.2, -0.15) is 0 Å². The van der Waals surface area contributed by atoms with Gasteiger partial charge in [0.25, 0.3) is 0 Å². The molecule has 4 nitrogen and oxygen atoms in total. The number of halogens is 2. The first kappa shape index (κ1) is 14.3. The predicted octanol–water partition coefficient (Wildman–Crippen LogP) is 3.26. The number of hydrogen-bond donors (Lipinski definition) is 2. The first-order chi connectivity index (χ1) is 9.60. The zero-order valence-electron chi connectivity index (χ0n) is 10.4. The van der Waals surface area contributed by atoms with E-state index in [0.717, 1.165) is 5.56 Å². The van der Waals surface area contributed by atoms with E-state index in [1.807, 2.05) is 12.1 Å². The zero-order chi connectivity index (χ0) is 14.5. The molecule has 0 saturated heterocycles. The summed E-state index contributed by atoms with van der Waals surface area (Å²) in [7, 11) is 0. The first-order valence-corrected chi connectivity index (χ1v) is 6.54. The Bertz CT molecular complexity index is 630. The summed E-state index contributed by atoms with van der Waals surface area (Å²) in [6.07, 6.45) is 0. The minimum Gasteiger partial charge on any atom is -0.488 e. The van der Waals surface area contributed by atoms with Gasteiger partial charge in [0.15, 0.2) is 5.84 Å². The van der Waals surface area contributed by atoms with Gasteiger partial charge in [0, 0.05) is 5.56 Å². The number of ether oxygens (including phenoxy) is 1. The molecule has 0 amide bonds. The van der Waals surface area contributed by atoms with Crippen LogP contribution < -0.4 is 10.5 Å². The Kier molecular flexibility index (Phi) is 4.57. The number of rotatable bonds is 4. The van der Waals surface area contributed by atoms with E-state index in [-0.39, 0.29) is 11.7 Å². The Balaban J connectivity index is 2.04. The molecule has 0 aliphatic heterocycles. The lowest BCUT2D eigenvalue weighted by Gasteiger charge is -2.08. The molecule has 6 heteroatoms. The van der Waals surface area contributed by atoms with Crippen molar-refractivity contribution in [2.45, 2.75) is 6.61 Å². The molecule has 0 spiro atoms. The fourth-order valence-corrected chi connectivity index (χ4v) is 2.05. The molecular formula is C14H12BrFN2O2. The van der Waals surface area contributed by atoms with Crippen LogP contribution in [-0.4, -0.2) is 11.0 Å². The quantitative estimate of drug-likeness (QED) is 0.389. The highest BCUT2D eigenvalue weighted by atomic mass is 79.9. The summed E-state index contributed by atoms with van der Waals surface area (Å²) in [6, 6.07) is 11.3. The van der Waals surface area contributed by atoms with E-state index < -0.39 is 0 Å². The molecule has 2 aromatic rings. The molecule has 20 heavy (non-hydrogen) atoms. The molecule has 0 aliphatic carbocycles.